The number of hydrogen-bond donors (Lipinski definition) is 1. The van der Waals surface area contributed by atoms with Gasteiger partial charge in [0.25, 0.3) is 0 Å². The summed E-state index contributed by atoms with van der Waals surface area (Å²) in [5, 5.41) is 3.12. The molecule has 6 heteroatoms. The van der Waals surface area contributed by atoms with Crippen molar-refractivity contribution in [2.24, 2.45) is 5.92 Å². The first-order valence-corrected chi connectivity index (χ1v) is 7.86. The number of nitrogens with one attached hydrogen (secondary N) is 1. The summed E-state index contributed by atoms with van der Waals surface area (Å²) in [5.41, 5.74) is 1.39. The first-order valence-electron chi connectivity index (χ1n) is 7.86. The number of rotatable bonds is 1. The van der Waals surface area contributed by atoms with Gasteiger partial charge in [0.1, 0.15) is 0 Å². The molecular weight excluding hydrogens is 279 g/mol. The largest absolute Gasteiger partial charge is 0.449 e. The Kier molecular flexibility index (Phi) is 3.99. The maximum Gasteiger partial charge on any atom is 0.449 e. The van der Waals surface area contributed by atoms with E-state index >= 15 is 0 Å². The van der Waals surface area contributed by atoms with Crippen LogP contribution in [0.4, 0.5) is 13.2 Å². The van der Waals surface area contributed by atoms with Crippen LogP contribution >= 0.6 is 0 Å². The summed E-state index contributed by atoms with van der Waals surface area (Å²) < 4.78 is 41.8. The Bertz CT molecular complexity index is 507. The fraction of sp³-hybridized carbons (Fsp3) is 0.800. The Hall–Kier alpha value is -1.04. The first-order chi connectivity index (χ1) is 9.98. The molecule has 1 aliphatic heterocycles. The molecule has 2 heterocycles. The molecule has 2 unspecified atom stereocenters. The molecule has 0 amide bonds. The maximum absolute atomic E-state index is 13.4. The highest BCUT2D eigenvalue weighted by molar-refractivity contribution is 5.23. The second kappa shape index (κ2) is 5.63. The van der Waals surface area contributed by atoms with E-state index < -0.39 is 12.0 Å². The molecule has 0 saturated heterocycles. The zero-order chi connectivity index (χ0) is 15.0. The molecule has 3 nitrogen and oxygen atoms in total. The molecule has 1 aliphatic carbocycles. The van der Waals surface area contributed by atoms with Crippen LogP contribution in [0.1, 0.15) is 62.3 Å². The van der Waals surface area contributed by atoms with E-state index in [1.165, 1.54) is 0 Å². The van der Waals surface area contributed by atoms with Gasteiger partial charge in [-0.3, -0.25) is 0 Å². The first kappa shape index (κ1) is 14.9. The normalized spacial score (nSPS) is 27.2. The van der Waals surface area contributed by atoms with Crippen molar-refractivity contribution in [3.63, 3.8) is 0 Å². The monoisotopic (exact) mass is 301 g/mol. The average Bonchev–Trinajstić information content (AvgIpc) is 2.70. The molecule has 1 saturated carbocycles. The highest BCUT2D eigenvalue weighted by Crippen LogP contribution is 2.39. The van der Waals surface area contributed by atoms with E-state index in [9.17, 15) is 13.2 Å². The minimum absolute atomic E-state index is 0.0570. The Morgan fingerprint density at radius 1 is 1.19 bits per heavy atom. The lowest BCUT2D eigenvalue weighted by Crippen LogP contribution is -2.28. The number of nitrogens with zero attached hydrogens (tertiary/aromatic N) is 2. The zero-order valence-electron chi connectivity index (χ0n) is 12.3. The van der Waals surface area contributed by atoms with Gasteiger partial charge in [-0.1, -0.05) is 26.2 Å². The fourth-order valence-corrected chi connectivity index (χ4v) is 3.75. The molecule has 1 N–H and O–H groups in total. The van der Waals surface area contributed by atoms with Gasteiger partial charge in [-0.05, 0) is 18.8 Å². The Morgan fingerprint density at radius 2 is 1.95 bits per heavy atom. The van der Waals surface area contributed by atoms with E-state index in [2.05, 4.69) is 17.2 Å². The molecule has 1 aromatic rings. The molecule has 1 fully saturated rings. The fourth-order valence-electron chi connectivity index (χ4n) is 3.75. The molecule has 2 atom stereocenters. The van der Waals surface area contributed by atoms with Crippen LogP contribution in [0.2, 0.25) is 0 Å². The second-order valence-electron chi connectivity index (χ2n) is 6.31. The predicted octanol–water partition coefficient (Wildman–Crippen LogP) is 3.69. The van der Waals surface area contributed by atoms with Crippen LogP contribution in [0, 0.1) is 5.92 Å². The number of aromatic nitrogens is 2. The van der Waals surface area contributed by atoms with Gasteiger partial charge in [-0.15, -0.1) is 0 Å². The van der Waals surface area contributed by atoms with Crippen LogP contribution in [-0.2, 0) is 19.1 Å². The van der Waals surface area contributed by atoms with Crippen molar-refractivity contribution >= 4 is 0 Å². The van der Waals surface area contributed by atoms with Gasteiger partial charge in [0.15, 0.2) is 0 Å². The topological polar surface area (TPSA) is 29.9 Å². The number of halogens is 3. The number of alkyl halides is 3. The van der Waals surface area contributed by atoms with Gasteiger partial charge in [0.2, 0.25) is 5.82 Å². The summed E-state index contributed by atoms with van der Waals surface area (Å²) in [6.07, 6.45) is 1.37. The predicted molar refractivity (Wildman–Crippen MR) is 73.9 cm³/mol. The lowest BCUT2D eigenvalue weighted by molar-refractivity contribution is -0.148. The Balaban J connectivity index is 2.08. The van der Waals surface area contributed by atoms with Crippen molar-refractivity contribution in [3.8, 4) is 0 Å². The molecule has 0 radical (unpaired) electrons. The molecule has 2 aliphatic rings. The standard InChI is InChI=1S/C15H22F3N3/c1-10-5-3-2-4-6-12(10)21-13-7-8-19-9-11(13)20-14(21)15(16,17)18/h10,12,19H,2-9H2,1H3. The van der Waals surface area contributed by atoms with Crippen LogP contribution in [0.25, 0.3) is 0 Å². The Morgan fingerprint density at radius 3 is 2.71 bits per heavy atom. The number of imidazole rings is 1. The lowest BCUT2D eigenvalue weighted by atomic mass is 9.95. The summed E-state index contributed by atoms with van der Waals surface area (Å²) in [7, 11) is 0. The van der Waals surface area contributed by atoms with Crippen molar-refractivity contribution in [2.45, 2.75) is 64.2 Å². The summed E-state index contributed by atoms with van der Waals surface area (Å²) in [6.45, 7) is 3.27. The molecule has 0 aromatic carbocycles. The van der Waals surface area contributed by atoms with Crippen LogP contribution in [-0.4, -0.2) is 16.1 Å². The van der Waals surface area contributed by atoms with E-state index in [0.717, 1.165) is 44.3 Å². The minimum Gasteiger partial charge on any atom is -0.321 e. The molecule has 118 valence electrons. The van der Waals surface area contributed by atoms with Crippen molar-refractivity contribution in [1.29, 1.82) is 0 Å². The molecule has 0 bridgehead atoms. The summed E-state index contributed by atoms with van der Waals surface area (Å²) in [4.78, 5) is 3.94. The van der Waals surface area contributed by atoms with Gasteiger partial charge >= 0.3 is 6.18 Å². The van der Waals surface area contributed by atoms with Gasteiger partial charge < -0.3 is 9.88 Å². The van der Waals surface area contributed by atoms with Crippen LogP contribution in [0.5, 0.6) is 0 Å². The average molecular weight is 301 g/mol. The number of hydrogen-bond acceptors (Lipinski definition) is 2. The SMILES string of the molecule is CC1CCCCCC1n1c(C(F)(F)F)nc2c1CCNC2. The third-order valence-corrected chi connectivity index (χ3v) is 4.83. The molecule has 3 rings (SSSR count). The van der Waals surface area contributed by atoms with E-state index in [0.29, 0.717) is 18.7 Å². The summed E-state index contributed by atoms with van der Waals surface area (Å²) in [5.74, 6) is -0.406. The van der Waals surface area contributed by atoms with Crippen molar-refractivity contribution < 1.29 is 13.2 Å². The smallest absolute Gasteiger partial charge is 0.321 e. The van der Waals surface area contributed by atoms with Gasteiger partial charge in [-0.2, -0.15) is 13.2 Å². The highest BCUT2D eigenvalue weighted by Gasteiger charge is 2.41. The minimum atomic E-state index is -4.37. The molecular formula is C15H22F3N3. The molecule has 1 aromatic heterocycles. The maximum atomic E-state index is 13.4. The van der Waals surface area contributed by atoms with E-state index in [4.69, 9.17) is 0 Å². The van der Waals surface area contributed by atoms with E-state index in [1.807, 2.05) is 0 Å². The summed E-state index contributed by atoms with van der Waals surface area (Å²) in [6, 6.07) is -0.0570. The van der Waals surface area contributed by atoms with Gasteiger partial charge in [0.05, 0.1) is 5.69 Å². The zero-order valence-corrected chi connectivity index (χ0v) is 12.3. The summed E-state index contributed by atoms with van der Waals surface area (Å²) >= 11 is 0. The van der Waals surface area contributed by atoms with Crippen molar-refractivity contribution in [3.05, 3.63) is 17.2 Å². The van der Waals surface area contributed by atoms with Gasteiger partial charge in [-0.25, -0.2) is 4.98 Å². The molecule has 21 heavy (non-hydrogen) atoms. The van der Waals surface area contributed by atoms with Crippen molar-refractivity contribution in [2.75, 3.05) is 6.54 Å². The second-order valence-corrected chi connectivity index (χ2v) is 6.31. The van der Waals surface area contributed by atoms with Gasteiger partial charge in [0, 0.05) is 31.2 Å². The van der Waals surface area contributed by atoms with E-state index in [1.54, 1.807) is 4.57 Å². The van der Waals surface area contributed by atoms with E-state index in [-0.39, 0.29) is 12.0 Å². The third kappa shape index (κ3) is 2.82. The lowest BCUT2D eigenvalue weighted by Gasteiger charge is -2.28. The van der Waals surface area contributed by atoms with Crippen LogP contribution in [0.3, 0.4) is 0 Å². The van der Waals surface area contributed by atoms with Crippen LogP contribution < -0.4 is 5.32 Å². The third-order valence-electron chi connectivity index (χ3n) is 4.83. The molecule has 0 spiro atoms. The quantitative estimate of drug-likeness (QED) is 0.802. The van der Waals surface area contributed by atoms with Crippen molar-refractivity contribution in [1.82, 2.24) is 14.9 Å². The Labute approximate surface area is 122 Å². The van der Waals surface area contributed by atoms with Crippen LogP contribution in [0.15, 0.2) is 0 Å². The highest BCUT2D eigenvalue weighted by atomic mass is 19.4. The number of fused-ring (bicyclic) bond motifs is 1.